The number of benzene rings is 1. The van der Waals surface area contributed by atoms with E-state index < -0.39 is 0 Å². The summed E-state index contributed by atoms with van der Waals surface area (Å²) < 4.78 is 0. The van der Waals surface area contributed by atoms with E-state index in [4.69, 9.17) is 11.6 Å². The first-order chi connectivity index (χ1) is 10.3. The van der Waals surface area contributed by atoms with Crippen molar-refractivity contribution in [3.8, 4) is 0 Å². The number of likely N-dealkylation sites (N-methyl/N-ethyl adjacent to an activating group) is 1. The van der Waals surface area contributed by atoms with Gasteiger partial charge < -0.3 is 10.2 Å². The van der Waals surface area contributed by atoms with Gasteiger partial charge in [-0.3, -0.25) is 9.79 Å². The van der Waals surface area contributed by atoms with E-state index in [2.05, 4.69) is 10.3 Å². The molecule has 22 heavy (non-hydrogen) atoms. The molecule has 5 heteroatoms. The summed E-state index contributed by atoms with van der Waals surface area (Å²) in [6.45, 7) is 8.08. The van der Waals surface area contributed by atoms with Crippen molar-refractivity contribution in [2.75, 3.05) is 7.05 Å². The van der Waals surface area contributed by atoms with Crippen LogP contribution in [-0.4, -0.2) is 29.9 Å². The summed E-state index contributed by atoms with van der Waals surface area (Å²) >= 11 is 5.85. The number of halogens is 1. The zero-order chi connectivity index (χ0) is 16.7. The topological polar surface area (TPSA) is 44.7 Å². The lowest BCUT2D eigenvalue weighted by Gasteiger charge is -2.26. The van der Waals surface area contributed by atoms with Crippen molar-refractivity contribution in [3.05, 3.63) is 46.5 Å². The van der Waals surface area contributed by atoms with Gasteiger partial charge >= 0.3 is 0 Å². The fourth-order valence-electron chi connectivity index (χ4n) is 1.82. The molecule has 1 rings (SSSR count). The molecule has 120 valence electrons. The highest BCUT2D eigenvalue weighted by molar-refractivity contribution is 6.30. The predicted molar refractivity (Wildman–Crippen MR) is 93.1 cm³/mol. The van der Waals surface area contributed by atoms with Crippen LogP contribution in [0.3, 0.4) is 0 Å². The summed E-state index contributed by atoms with van der Waals surface area (Å²) in [5.41, 5.74) is 1.82. The number of hydrogen-bond acceptors (Lipinski definition) is 2. The maximum absolute atomic E-state index is 12.1. The SMILES string of the molecule is C/C=C(/C)C(=O)N(C)C(C)NC(C)=NCc1ccc(Cl)cc1. The number of amidine groups is 1. The Bertz CT molecular complexity index is 564. The van der Waals surface area contributed by atoms with E-state index in [1.165, 1.54) is 0 Å². The fourth-order valence-corrected chi connectivity index (χ4v) is 1.95. The van der Waals surface area contributed by atoms with Gasteiger partial charge in [-0.2, -0.15) is 0 Å². The van der Waals surface area contributed by atoms with E-state index in [1.54, 1.807) is 11.9 Å². The van der Waals surface area contributed by atoms with Gasteiger partial charge in [0.15, 0.2) is 0 Å². The van der Waals surface area contributed by atoms with Gasteiger partial charge in [-0.25, -0.2) is 0 Å². The second-order valence-corrected chi connectivity index (χ2v) is 5.67. The quantitative estimate of drug-likeness (QED) is 0.389. The molecular formula is C17H24ClN3O. The van der Waals surface area contributed by atoms with Crippen molar-refractivity contribution in [2.24, 2.45) is 4.99 Å². The molecule has 0 saturated carbocycles. The monoisotopic (exact) mass is 321 g/mol. The highest BCUT2D eigenvalue weighted by Crippen LogP contribution is 2.10. The Balaban J connectivity index is 2.59. The number of carbonyl (C=O) groups excluding carboxylic acids is 1. The van der Waals surface area contributed by atoms with Crippen LogP contribution < -0.4 is 5.32 Å². The van der Waals surface area contributed by atoms with Crippen molar-refractivity contribution < 1.29 is 4.79 Å². The van der Waals surface area contributed by atoms with Crippen LogP contribution in [-0.2, 0) is 11.3 Å². The lowest BCUT2D eigenvalue weighted by molar-refractivity contribution is -0.127. The molecule has 0 bridgehead atoms. The highest BCUT2D eigenvalue weighted by atomic mass is 35.5. The van der Waals surface area contributed by atoms with E-state index in [1.807, 2.05) is 58.0 Å². The first-order valence-electron chi connectivity index (χ1n) is 7.27. The molecule has 1 atom stereocenters. The van der Waals surface area contributed by atoms with E-state index in [-0.39, 0.29) is 12.1 Å². The average Bonchev–Trinajstić information content (AvgIpc) is 2.52. The third-order valence-corrected chi connectivity index (χ3v) is 3.75. The highest BCUT2D eigenvalue weighted by Gasteiger charge is 2.16. The molecule has 0 radical (unpaired) electrons. The Morgan fingerprint density at radius 1 is 1.36 bits per heavy atom. The summed E-state index contributed by atoms with van der Waals surface area (Å²) in [7, 11) is 1.78. The molecule has 1 aromatic carbocycles. The zero-order valence-corrected chi connectivity index (χ0v) is 14.6. The third-order valence-electron chi connectivity index (χ3n) is 3.50. The molecule has 4 nitrogen and oxygen atoms in total. The van der Waals surface area contributed by atoms with Crippen LogP contribution in [0, 0.1) is 0 Å². The molecule has 1 N–H and O–H groups in total. The second-order valence-electron chi connectivity index (χ2n) is 5.24. The Hall–Kier alpha value is -1.81. The minimum absolute atomic E-state index is 0.00741. The Labute approximate surface area is 137 Å². The number of nitrogens with zero attached hydrogens (tertiary/aromatic N) is 2. The molecule has 0 aliphatic rings. The maximum Gasteiger partial charge on any atom is 0.250 e. The minimum atomic E-state index is -0.128. The number of nitrogens with one attached hydrogen (secondary N) is 1. The first-order valence-corrected chi connectivity index (χ1v) is 7.65. The third kappa shape index (κ3) is 5.53. The van der Waals surface area contributed by atoms with Crippen molar-refractivity contribution in [2.45, 2.75) is 40.4 Å². The van der Waals surface area contributed by atoms with Gasteiger partial charge in [0.2, 0.25) is 0 Å². The van der Waals surface area contributed by atoms with Crippen LogP contribution in [0.15, 0.2) is 40.9 Å². The second kappa shape index (κ2) is 8.59. The predicted octanol–water partition coefficient (Wildman–Crippen LogP) is 3.62. The number of amides is 1. The zero-order valence-electron chi connectivity index (χ0n) is 13.9. The molecule has 0 fully saturated rings. The van der Waals surface area contributed by atoms with E-state index in [0.717, 1.165) is 22.0 Å². The van der Waals surface area contributed by atoms with Crippen molar-refractivity contribution in [1.29, 1.82) is 0 Å². The summed E-state index contributed by atoms with van der Waals surface area (Å²) in [6.07, 6.45) is 1.68. The minimum Gasteiger partial charge on any atom is -0.354 e. The molecule has 0 aromatic heterocycles. The van der Waals surface area contributed by atoms with Crippen LogP contribution in [0.2, 0.25) is 5.02 Å². The number of rotatable bonds is 5. The molecule has 0 aliphatic heterocycles. The van der Waals surface area contributed by atoms with Gasteiger partial charge in [-0.05, 0) is 45.4 Å². The largest absolute Gasteiger partial charge is 0.354 e. The fraction of sp³-hybridized carbons (Fsp3) is 0.412. The lowest BCUT2D eigenvalue weighted by atomic mass is 10.2. The lowest BCUT2D eigenvalue weighted by Crippen LogP contribution is -2.46. The van der Waals surface area contributed by atoms with Crippen molar-refractivity contribution in [3.63, 3.8) is 0 Å². The molecule has 0 aliphatic carbocycles. The Kier molecular flexibility index (Phi) is 7.12. The summed E-state index contributed by atoms with van der Waals surface area (Å²) in [5.74, 6) is 0.799. The van der Waals surface area contributed by atoms with Gasteiger partial charge in [0.1, 0.15) is 0 Å². The van der Waals surface area contributed by atoms with E-state index in [0.29, 0.717) is 6.54 Å². The van der Waals surface area contributed by atoms with Gasteiger partial charge in [0, 0.05) is 17.6 Å². The Morgan fingerprint density at radius 2 is 1.95 bits per heavy atom. The summed E-state index contributed by atoms with van der Waals surface area (Å²) in [4.78, 5) is 18.2. The van der Waals surface area contributed by atoms with E-state index in [9.17, 15) is 4.79 Å². The van der Waals surface area contributed by atoms with Crippen LogP contribution in [0.5, 0.6) is 0 Å². The van der Waals surface area contributed by atoms with Gasteiger partial charge in [0.25, 0.3) is 5.91 Å². The molecule has 1 amide bonds. The normalized spacial score (nSPS) is 13.7. The van der Waals surface area contributed by atoms with Crippen LogP contribution >= 0.6 is 11.6 Å². The molecule has 1 unspecified atom stereocenters. The molecule has 0 heterocycles. The standard InChI is InChI=1S/C17H24ClN3O/c1-6-12(2)17(22)21(5)14(4)20-13(3)19-11-15-7-9-16(18)10-8-15/h6-10,14H,11H2,1-5H3,(H,19,20)/b12-6-. The summed E-state index contributed by atoms with van der Waals surface area (Å²) in [5, 5.41) is 3.94. The van der Waals surface area contributed by atoms with Crippen LogP contribution in [0.4, 0.5) is 0 Å². The van der Waals surface area contributed by atoms with Crippen LogP contribution in [0.1, 0.15) is 33.3 Å². The van der Waals surface area contributed by atoms with Gasteiger partial charge in [0.05, 0.1) is 18.5 Å². The average molecular weight is 322 g/mol. The van der Waals surface area contributed by atoms with Crippen molar-refractivity contribution >= 4 is 23.3 Å². The van der Waals surface area contributed by atoms with Crippen molar-refractivity contribution in [1.82, 2.24) is 10.2 Å². The van der Waals surface area contributed by atoms with Gasteiger partial charge in [-0.1, -0.05) is 29.8 Å². The smallest absolute Gasteiger partial charge is 0.250 e. The molecule has 0 spiro atoms. The maximum atomic E-state index is 12.1. The van der Waals surface area contributed by atoms with Gasteiger partial charge in [-0.15, -0.1) is 0 Å². The van der Waals surface area contributed by atoms with Crippen LogP contribution in [0.25, 0.3) is 0 Å². The summed E-state index contributed by atoms with van der Waals surface area (Å²) in [6, 6.07) is 7.61. The number of carbonyl (C=O) groups is 1. The van der Waals surface area contributed by atoms with E-state index >= 15 is 0 Å². The molecule has 0 saturated heterocycles. The molecular weight excluding hydrogens is 298 g/mol. The molecule has 1 aromatic rings. The number of hydrogen-bond donors (Lipinski definition) is 1. The Morgan fingerprint density at radius 3 is 2.50 bits per heavy atom. The first kappa shape index (κ1) is 18.2. The number of allylic oxidation sites excluding steroid dienone is 1. The number of aliphatic imine (C=N–C) groups is 1.